The molecule has 2 amide bonds. The zero-order chi connectivity index (χ0) is 19.8. The Labute approximate surface area is 166 Å². The Bertz CT molecular complexity index is 1100. The van der Waals surface area contributed by atoms with Crippen LogP contribution in [0.2, 0.25) is 0 Å². The second-order valence-corrected chi connectivity index (χ2v) is 7.60. The van der Waals surface area contributed by atoms with Crippen molar-refractivity contribution < 1.29 is 14.0 Å². The van der Waals surface area contributed by atoms with Crippen LogP contribution < -0.4 is 4.90 Å². The molecule has 6 heteroatoms. The molecule has 0 atom stereocenters. The van der Waals surface area contributed by atoms with Crippen molar-refractivity contribution in [3.05, 3.63) is 88.4 Å². The Morgan fingerprint density at radius 1 is 1.00 bits per heavy atom. The van der Waals surface area contributed by atoms with Crippen molar-refractivity contribution in [1.29, 1.82) is 0 Å². The lowest BCUT2D eigenvalue weighted by molar-refractivity contribution is 0.0925. The van der Waals surface area contributed by atoms with Crippen LogP contribution in [0.4, 0.5) is 10.1 Å². The maximum Gasteiger partial charge on any atom is 0.268 e. The van der Waals surface area contributed by atoms with E-state index < -0.39 is 0 Å². The number of hydrogen-bond donors (Lipinski definition) is 0. The molecule has 140 valence electrons. The third-order valence-electron chi connectivity index (χ3n) is 4.61. The molecule has 1 aliphatic rings. The number of benzene rings is 2. The third-order valence-corrected chi connectivity index (χ3v) is 5.66. The van der Waals surface area contributed by atoms with Gasteiger partial charge in [0.05, 0.1) is 16.8 Å². The minimum absolute atomic E-state index is 0.294. The van der Waals surface area contributed by atoms with Crippen molar-refractivity contribution in [2.24, 2.45) is 0 Å². The largest absolute Gasteiger partial charge is 0.268 e. The first kappa shape index (κ1) is 18.4. The van der Waals surface area contributed by atoms with Gasteiger partial charge in [0.2, 0.25) is 0 Å². The number of amides is 2. The summed E-state index contributed by atoms with van der Waals surface area (Å²) in [5.41, 5.74) is 3.74. The normalized spacial score (nSPS) is 13.2. The van der Waals surface area contributed by atoms with Gasteiger partial charge < -0.3 is 0 Å². The average Bonchev–Trinajstić information content (AvgIpc) is 2.92. The van der Waals surface area contributed by atoms with Gasteiger partial charge in [-0.3, -0.25) is 9.59 Å². The van der Waals surface area contributed by atoms with Gasteiger partial charge in [0.1, 0.15) is 10.8 Å². The lowest BCUT2D eigenvalue weighted by Crippen LogP contribution is -2.30. The maximum atomic E-state index is 13.2. The summed E-state index contributed by atoms with van der Waals surface area (Å²) >= 11 is 1.37. The van der Waals surface area contributed by atoms with Crippen LogP contribution in [0.25, 0.3) is 0 Å². The molecular formula is C22H17FN2O2S. The van der Waals surface area contributed by atoms with Gasteiger partial charge in [-0.25, -0.2) is 14.3 Å². The van der Waals surface area contributed by atoms with Crippen LogP contribution in [-0.4, -0.2) is 16.8 Å². The van der Waals surface area contributed by atoms with Crippen molar-refractivity contribution in [3.8, 4) is 0 Å². The molecule has 0 unspecified atom stereocenters. The summed E-state index contributed by atoms with van der Waals surface area (Å²) in [6, 6.07) is 15.2. The number of anilines is 1. The molecule has 0 N–H and O–H groups in total. The van der Waals surface area contributed by atoms with Crippen LogP contribution in [0.1, 0.15) is 37.5 Å². The fourth-order valence-corrected chi connectivity index (χ4v) is 4.26. The molecule has 1 aromatic heterocycles. The predicted molar refractivity (Wildman–Crippen MR) is 107 cm³/mol. The third kappa shape index (κ3) is 3.20. The molecule has 0 fully saturated rings. The molecule has 0 saturated heterocycles. The number of rotatable bonds is 4. The molecule has 28 heavy (non-hydrogen) atoms. The van der Waals surface area contributed by atoms with Gasteiger partial charge in [-0.2, -0.15) is 0 Å². The predicted octanol–water partition coefficient (Wildman–Crippen LogP) is 4.93. The first-order valence-electron chi connectivity index (χ1n) is 8.79. The second kappa shape index (κ2) is 7.20. The second-order valence-electron chi connectivity index (χ2n) is 6.64. The molecule has 0 spiro atoms. The fourth-order valence-electron chi connectivity index (χ4n) is 3.21. The van der Waals surface area contributed by atoms with Gasteiger partial charge in [0, 0.05) is 11.4 Å². The van der Waals surface area contributed by atoms with E-state index in [0.29, 0.717) is 33.3 Å². The van der Waals surface area contributed by atoms with Crippen molar-refractivity contribution in [3.63, 3.8) is 0 Å². The van der Waals surface area contributed by atoms with E-state index in [4.69, 9.17) is 0 Å². The van der Waals surface area contributed by atoms with Gasteiger partial charge in [0.25, 0.3) is 11.8 Å². The number of nitrogens with zero attached hydrogens (tertiary/aromatic N) is 2. The molecule has 0 radical (unpaired) electrons. The average molecular weight is 392 g/mol. The summed E-state index contributed by atoms with van der Waals surface area (Å²) in [6.07, 6.45) is 0. The molecule has 2 aromatic carbocycles. The smallest absolute Gasteiger partial charge is 0.268 e. The Balaban J connectivity index is 1.71. The highest BCUT2D eigenvalue weighted by molar-refractivity contribution is 7.98. The quantitative estimate of drug-likeness (QED) is 0.467. The number of fused-ring (bicyclic) bond motifs is 1. The first-order valence-corrected chi connectivity index (χ1v) is 9.77. The van der Waals surface area contributed by atoms with E-state index in [1.165, 1.54) is 28.8 Å². The number of imide groups is 1. The summed E-state index contributed by atoms with van der Waals surface area (Å²) < 4.78 is 13.1. The number of carbonyl (C=O) groups is 2. The monoisotopic (exact) mass is 392 g/mol. The van der Waals surface area contributed by atoms with Crippen LogP contribution in [0.3, 0.4) is 0 Å². The van der Waals surface area contributed by atoms with Crippen molar-refractivity contribution >= 4 is 29.3 Å². The molecular weight excluding hydrogens is 375 g/mol. The van der Waals surface area contributed by atoms with Gasteiger partial charge in [-0.1, -0.05) is 30.3 Å². The fraction of sp³-hybridized carbons (Fsp3) is 0.136. The molecule has 0 bridgehead atoms. The van der Waals surface area contributed by atoms with Crippen LogP contribution in [0.15, 0.2) is 59.6 Å². The van der Waals surface area contributed by atoms with E-state index in [-0.39, 0.29) is 17.6 Å². The Morgan fingerprint density at radius 3 is 2.43 bits per heavy atom. The first-order chi connectivity index (χ1) is 13.5. The van der Waals surface area contributed by atoms with Gasteiger partial charge in [-0.05, 0) is 49.2 Å². The maximum absolute atomic E-state index is 13.2. The van der Waals surface area contributed by atoms with Gasteiger partial charge in [0.15, 0.2) is 0 Å². The SMILES string of the molecule is Cc1cc2c(c(SCc3ccc(F)cc3)n1)C(=O)N(c1ccccc1C)C2=O. The Morgan fingerprint density at radius 2 is 1.71 bits per heavy atom. The number of aromatic nitrogens is 1. The Kier molecular flexibility index (Phi) is 4.73. The molecule has 0 aliphatic carbocycles. The minimum atomic E-state index is -0.358. The number of hydrogen-bond acceptors (Lipinski definition) is 4. The van der Waals surface area contributed by atoms with Crippen molar-refractivity contribution in [2.45, 2.75) is 24.6 Å². The standard InChI is InChI=1S/C22H17FN2O2S/c1-13-5-3-4-6-18(13)25-21(26)17-11-14(2)24-20(19(17)22(25)27)28-12-15-7-9-16(23)10-8-15/h3-11H,12H2,1-2H3. The topological polar surface area (TPSA) is 50.3 Å². The molecule has 4 nitrogen and oxygen atoms in total. The number of halogens is 1. The highest BCUT2D eigenvalue weighted by Crippen LogP contribution is 2.36. The molecule has 2 heterocycles. The van der Waals surface area contributed by atoms with E-state index in [0.717, 1.165) is 11.1 Å². The van der Waals surface area contributed by atoms with Crippen molar-refractivity contribution in [1.82, 2.24) is 4.98 Å². The number of thioether (sulfide) groups is 1. The highest BCUT2D eigenvalue weighted by Gasteiger charge is 2.40. The summed E-state index contributed by atoms with van der Waals surface area (Å²) in [6.45, 7) is 3.67. The van der Waals surface area contributed by atoms with Crippen LogP contribution >= 0.6 is 11.8 Å². The minimum Gasteiger partial charge on any atom is -0.268 e. The summed E-state index contributed by atoms with van der Waals surface area (Å²) in [5.74, 6) is -0.459. The number of aryl methyl sites for hydroxylation is 2. The zero-order valence-corrected chi connectivity index (χ0v) is 16.2. The molecule has 1 aliphatic heterocycles. The lowest BCUT2D eigenvalue weighted by Gasteiger charge is -2.16. The van der Waals surface area contributed by atoms with Crippen LogP contribution in [0.5, 0.6) is 0 Å². The van der Waals surface area contributed by atoms with E-state index in [1.807, 2.05) is 19.1 Å². The van der Waals surface area contributed by atoms with Crippen LogP contribution in [0, 0.1) is 19.7 Å². The van der Waals surface area contributed by atoms with Crippen molar-refractivity contribution in [2.75, 3.05) is 4.90 Å². The van der Waals surface area contributed by atoms with Gasteiger partial charge >= 0.3 is 0 Å². The van der Waals surface area contributed by atoms with E-state index in [2.05, 4.69) is 4.98 Å². The molecule has 0 saturated carbocycles. The summed E-state index contributed by atoms with van der Waals surface area (Å²) in [7, 11) is 0. The highest BCUT2D eigenvalue weighted by atomic mass is 32.2. The van der Waals surface area contributed by atoms with Gasteiger partial charge in [-0.15, -0.1) is 11.8 Å². The molecule has 3 aromatic rings. The summed E-state index contributed by atoms with van der Waals surface area (Å²) in [4.78, 5) is 31.9. The number of carbonyl (C=O) groups excluding carboxylic acids is 2. The molecule has 4 rings (SSSR count). The van der Waals surface area contributed by atoms with E-state index in [1.54, 1.807) is 37.3 Å². The van der Waals surface area contributed by atoms with E-state index in [9.17, 15) is 14.0 Å². The number of para-hydroxylation sites is 1. The summed E-state index contributed by atoms with van der Waals surface area (Å²) in [5, 5.41) is 0.522. The van der Waals surface area contributed by atoms with Crippen LogP contribution in [-0.2, 0) is 5.75 Å². The van der Waals surface area contributed by atoms with E-state index >= 15 is 0 Å². The number of pyridine rings is 1. The zero-order valence-electron chi connectivity index (χ0n) is 15.4. The lowest BCUT2D eigenvalue weighted by atomic mass is 10.1. The Hall–Kier alpha value is -2.99.